The Morgan fingerprint density at radius 3 is 2.84 bits per heavy atom. The SMILES string of the molecule is CCCNC(=O)CNc1ccc([N+](=O)[O-])c(C#N)c1. The molecule has 100 valence electrons. The molecule has 1 rings (SSSR count). The summed E-state index contributed by atoms with van der Waals surface area (Å²) < 4.78 is 0. The minimum Gasteiger partial charge on any atom is -0.376 e. The molecule has 0 heterocycles. The maximum atomic E-state index is 11.4. The van der Waals surface area contributed by atoms with E-state index in [1.54, 1.807) is 6.07 Å². The minimum atomic E-state index is -0.615. The molecule has 0 atom stereocenters. The molecule has 19 heavy (non-hydrogen) atoms. The molecule has 0 aliphatic carbocycles. The van der Waals surface area contributed by atoms with E-state index in [-0.39, 0.29) is 23.7 Å². The van der Waals surface area contributed by atoms with Gasteiger partial charge in [-0.05, 0) is 18.6 Å². The minimum absolute atomic E-state index is 0.0380. The van der Waals surface area contributed by atoms with Crippen LogP contribution in [0.2, 0.25) is 0 Å². The first kappa shape index (κ1) is 14.4. The molecule has 1 aromatic rings. The number of hydrogen-bond donors (Lipinski definition) is 2. The molecule has 0 bridgehead atoms. The van der Waals surface area contributed by atoms with Crippen LogP contribution in [0.4, 0.5) is 11.4 Å². The maximum absolute atomic E-state index is 11.4. The highest BCUT2D eigenvalue weighted by atomic mass is 16.6. The second-order valence-electron chi connectivity index (χ2n) is 3.80. The maximum Gasteiger partial charge on any atom is 0.287 e. The number of benzene rings is 1. The van der Waals surface area contributed by atoms with Gasteiger partial charge in [0.1, 0.15) is 11.6 Å². The quantitative estimate of drug-likeness (QED) is 0.595. The van der Waals surface area contributed by atoms with Crippen LogP contribution < -0.4 is 10.6 Å². The van der Waals surface area contributed by atoms with E-state index in [1.807, 2.05) is 6.92 Å². The molecule has 0 saturated carbocycles. The molecule has 0 fully saturated rings. The third-order valence-corrected chi connectivity index (χ3v) is 2.34. The third kappa shape index (κ3) is 4.27. The Hall–Kier alpha value is -2.62. The predicted octanol–water partition coefficient (Wildman–Crippen LogP) is 1.40. The zero-order valence-corrected chi connectivity index (χ0v) is 10.5. The number of nitrogens with one attached hydrogen (secondary N) is 2. The highest BCUT2D eigenvalue weighted by Gasteiger charge is 2.13. The first-order chi connectivity index (χ1) is 9.08. The number of carbonyl (C=O) groups excluding carboxylic acids is 1. The normalized spacial score (nSPS) is 9.47. The van der Waals surface area contributed by atoms with Gasteiger partial charge in [0, 0.05) is 18.3 Å². The van der Waals surface area contributed by atoms with Gasteiger partial charge in [-0.25, -0.2) is 0 Å². The first-order valence-electron chi connectivity index (χ1n) is 5.77. The topological polar surface area (TPSA) is 108 Å². The van der Waals surface area contributed by atoms with Crippen LogP contribution in [0.25, 0.3) is 0 Å². The molecular formula is C12H14N4O3. The molecule has 2 N–H and O–H groups in total. The lowest BCUT2D eigenvalue weighted by Crippen LogP contribution is -2.30. The lowest BCUT2D eigenvalue weighted by Gasteiger charge is -2.07. The fourth-order valence-corrected chi connectivity index (χ4v) is 1.40. The molecule has 1 aromatic carbocycles. The molecule has 0 saturated heterocycles. The van der Waals surface area contributed by atoms with Crippen LogP contribution in [0.5, 0.6) is 0 Å². The van der Waals surface area contributed by atoms with Gasteiger partial charge >= 0.3 is 0 Å². The molecular weight excluding hydrogens is 248 g/mol. The number of rotatable bonds is 6. The van der Waals surface area contributed by atoms with Crippen LogP contribution in [0.1, 0.15) is 18.9 Å². The lowest BCUT2D eigenvalue weighted by atomic mass is 10.2. The standard InChI is InChI=1S/C12H14N4O3/c1-2-5-14-12(17)8-15-10-3-4-11(16(18)19)9(6-10)7-13/h3-4,6,15H,2,5,8H2,1H3,(H,14,17). The van der Waals surface area contributed by atoms with Crippen LogP contribution in [-0.4, -0.2) is 23.9 Å². The van der Waals surface area contributed by atoms with Gasteiger partial charge < -0.3 is 10.6 Å². The Labute approximate surface area is 110 Å². The Kier molecular flexibility index (Phi) is 5.29. The van der Waals surface area contributed by atoms with Crippen LogP contribution in [0.15, 0.2) is 18.2 Å². The summed E-state index contributed by atoms with van der Waals surface area (Å²) in [5.41, 5.74) is 0.209. The zero-order chi connectivity index (χ0) is 14.3. The molecule has 7 nitrogen and oxygen atoms in total. The van der Waals surface area contributed by atoms with Crippen molar-refractivity contribution in [3.63, 3.8) is 0 Å². The zero-order valence-electron chi connectivity index (χ0n) is 10.5. The van der Waals surface area contributed by atoms with Gasteiger partial charge in [-0.15, -0.1) is 0 Å². The van der Waals surface area contributed by atoms with E-state index in [2.05, 4.69) is 10.6 Å². The smallest absolute Gasteiger partial charge is 0.287 e. The number of anilines is 1. The van der Waals surface area contributed by atoms with E-state index in [0.717, 1.165) is 6.42 Å². The predicted molar refractivity (Wildman–Crippen MR) is 69.6 cm³/mol. The van der Waals surface area contributed by atoms with E-state index in [4.69, 9.17) is 5.26 Å². The highest BCUT2D eigenvalue weighted by Crippen LogP contribution is 2.21. The van der Waals surface area contributed by atoms with Crippen molar-refractivity contribution in [1.29, 1.82) is 5.26 Å². The molecule has 0 aliphatic rings. The lowest BCUT2D eigenvalue weighted by molar-refractivity contribution is -0.385. The number of hydrogen-bond acceptors (Lipinski definition) is 5. The van der Waals surface area contributed by atoms with Gasteiger partial charge in [0.25, 0.3) is 5.69 Å². The van der Waals surface area contributed by atoms with E-state index in [1.165, 1.54) is 18.2 Å². The Morgan fingerprint density at radius 1 is 1.53 bits per heavy atom. The second-order valence-corrected chi connectivity index (χ2v) is 3.80. The molecule has 0 radical (unpaired) electrons. The molecule has 0 aromatic heterocycles. The van der Waals surface area contributed by atoms with Crippen LogP contribution in [0, 0.1) is 21.4 Å². The van der Waals surface area contributed by atoms with Crippen molar-refractivity contribution in [2.45, 2.75) is 13.3 Å². The van der Waals surface area contributed by atoms with Gasteiger partial charge in [0.2, 0.25) is 5.91 Å². The van der Waals surface area contributed by atoms with Crippen molar-refractivity contribution in [3.8, 4) is 6.07 Å². The van der Waals surface area contributed by atoms with Crippen molar-refractivity contribution in [3.05, 3.63) is 33.9 Å². The van der Waals surface area contributed by atoms with Crippen molar-refractivity contribution in [2.75, 3.05) is 18.4 Å². The van der Waals surface area contributed by atoms with Crippen LogP contribution >= 0.6 is 0 Å². The Balaban J connectivity index is 2.68. The molecule has 0 aliphatic heterocycles. The van der Waals surface area contributed by atoms with E-state index >= 15 is 0 Å². The molecule has 0 spiro atoms. The third-order valence-electron chi connectivity index (χ3n) is 2.34. The number of nitrogens with zero attached hydrogens (tertiary/aromatic N) is 2. The number of nitriles is 1. The number of carbonyl (C=O) groups is 1. The van der Waals surface area contributed by atoms with Gasteiger partial charge in [-0.2, -0.15) is 5.26 Å². The van der Waals surface area contributed by atoms with Crippen LogP contribution in [0.3, 0.4) is 0 Å². The summed E-state index contributed by atoms with van der Waals surface area (Å²) in [6, 6.07) is 5.81. The molecule has 0 unspecified atom stereocenters. The number of nitro benzene ring substituents is 1. The monoisotopic (exact) mass is 262 g/mol. The highest BCUT2D eigenvalue weighted by molar-refractivity contribution is 5.80. The summed E-state index contributed by atoms with van der Waals surface area (Å²) in [4.78, 5) is 21.4. The van der Waals surface area contributed by atoms with Crippen molar-refractivity contribution < 1.29 is 9.72 Å². The summed E-state index contributed by atoms with van der Waals surface area (Å²) in [5.74, 6) is -0.168. The van der Waals surface area contributed by atoms with Gasteiger partial charge in [0.05, 0.1) is 11.5 Å². The van der Waals surface area contributed by atoms with Crippen molar-refractivity contribution in [2.24, 2.45) is 0 Å². The molecule has 7 heteroatoms. The first-order valence-corrected chi connectivity index (χ1v) is 5.77. The van der Waals surface area contributed by atoms with Crippen molar-refractivity contribution >= 4 is 17.3 Å². The summed E-state index contributed by atoms with van der Waals surface area (Å²) in [6.07, 6.45) is 0.849. The second kappa shape index (κ2) is 6.96. The summed E-state index contributed by atoms with van der Waals surface area (Å²) >= 11 is 0. The van der Waals surface area contributed by atoms with Crippen LogP contribution in [-0.2, 0) is 4.79 Å². The van der Waals surface area contributed by atoms with E-state index < -0.39 is 4.92 Å². The number of amides is 1. The Bertz CT molecular complexity index is 522. The largest absolute Gasteiger partial charge is 0.376 e. The summed E-state index contributed by atoms with van der Waals surface area (Å²) in [6.45, 7) is 2.61. The van der Waals surface area contributed by atoms with E-state index in [9.17, 15) is 14.9 Å². The summed E-state index contributed by atoms with van der Waals surface area (Å²) in [7, 11) is 0. The fourth-order valence-electron chi connectivity index (χ4n) is 1.40. The average molecular weight is 262 g/mol. The molecule has 1 amide bonds. The fraction of sp³-hybridized carbons (Fsp3) is 0.333. The van der Waals surface area contributed by atoms with E-state index in [0.29, 0.717) is 12.2 Å². The van der Waals surface area contributed by atoms with Gasteiger partial charge in [-0.3, -0.25) is 14.9 Å². The van der Waals surface area contributed by atoms with Crippen molar-refractivity contribution in [1.82, 2.24) is 5.32 Å². The van der Waals surface area contributed by atoms with Gasteiger partial charge in [-0.1, -0.05) is 6.92 Å². The number of nitro groups is 1. The average Bonchev–Trinajstić information content (AvgIpc) is 2.42. The Morgan fingerprint density at radius 2 is 2.26 bits per heavy atom. The summed E-state index contributed by atoms with van der Waals surface area (Å²) in [5, 5.41) is 25.0. The van der Waals surface area contributed by atoms with Gasteiger partial charge in [0.15, 0.2) is 0 Å².